The van der Waals surface area contributed by atoms with Crippen LogP contribution in [0.4, 0.5) is 0 Å². The normalized spacial score (nSPS) is 16.5. The average Bonchev–Trinajstić information content (AvgIpc) is 2.46. The molecule has 2 nitrogen and oxygen atoms in total. The maximum atomic E-state index is 4.51. The molecular weight excluding hydrogens is 136 g/mol. The van der Waals surface area contributed by atoms with E-state index in [1.54, 1.807) is 0 Å². The Kier molecular flexibility index (Phi) is 1.68. The maximum absolute atomic E-state index is 4.51. The molecule has 1 aliphatic carbocycles. The average molecular weight is 150 g/mol. The largest absolute Gasteiger partial charge is 0.346 e. The highest BCUT2D eigenvalue weighted by Crippen LogP contribution is 2.18. The monoisotopic (exact) mass is 150 g/mol. The van der Waals surface area contributed by atoms with Crippen LogP contribution in [0.15, 0.2) is 0 Å². The molecule has 60 valence electrons. The van der Waals surface area contributed by atoms with Gasteiger partial charge < -0.3 is 4.98 Å². The Labute approximate surface area is 67.0 Å². The fourth-order valence-corrected chi connectivity index (χ4v) is 1.68. The van der Waals surface area contributed by atoms with E-state index in [0.29, 0.717) is 0 Å². The molecule has 0 radical (unpaired) electrons. The lowest BCUT2D eigenvalue weighted by atomic mass is 10.0. The molecule has 0 unspecified atom stereocenters. The lowest BCUT2D eigenvalue weighted by Gasteiger charge is -2.07. The summed E-state index contributed by atoms with van der Waals surface area (Å²) in [7, 11) is 0. The molecule has 1 aliphatic rings. The number of hydrogen-bond acceptors (Lipinski definition) is 1. The van der Waals surface area contributed by atoms with E-state index in [2.05, 4.69) is 16.9 Å². The number of aryl methyl sites for hydroxylation is 3. The molecule has 0 atom stereocenters. The van der Waals surface area contributed by atoms with Crippen LogP contribution >= 0.6 is 0 Å². The molecule has 1 heterocycles. The van der Waals surface area contributed by atoms with Crippen molar-refractivity contribution in [2.45, 2.75) is 39.0 Å². The summed E-state index contributed by atoms with van der Waals surface area (Å²) < 4.78 is 0. The minimum Gasteiger partial charge on any atom is -0.346 e. The molecule has 0 aliphatic heterocycles. The summed E-state index contributed by atoms with van der Waals surface area (Å²) in [6, 6.07) is 0. The van der Waals surface area contributed by atoms with Crippen LogP contribution < -0.4 is 0 Å². The van der Waals surface area contributed by atoms with Gasteiger partial charge in [-0.3, -0.25) is 0 Å². The third-order valence-electron chi connectivity index (χ3n) is 2.34. The number of fused-ring (bicyclic) bond motifs is 1. The van der Waals surface area contributed by atoms with Gasteiger partial charge in [-0.15, -0.1) is 0 Å². The van der Waals surface area contributed by atoms with E-state index in [0.717, 1.165) is 12.2 Å². The van der Waals surface area contributed by atoms with Crippen LogP contribution in [0.3, 0.4) is 0 Å². The minimum atomic E-state index is 1.03. The molecule has 0 aromatic carbocycles. The van der Waals surface area contributed by atoms with Gasteiger partial charge in [-0.25, -0.2) is 4.98 Å². The first-order valence-corrected chi connectivity index (χ1v) is 4.46. The van der Waals surface area contributed by atoms with Gasteiger partial charge in [0.15, 0.2) is 0 Å². The fourth-order valence-electron chi connectivity index (χ4n) is 1.68. The molecule has 0 spiro atoms. The number of nitrogens with one attached hydrogen (secondary N) is 1. The van der Waals surface area contributed by atoms with Gasteiger partial charge in [0.2, 0.25) is 0 Å². The highest BCUT2D eigenvalue weighted by atomic mass is 14.9. The number of aromatic nitrogens is 2. The first-order valence-electron chi connectivity index (χ1n) is 4.46. The summed E-state index contributed by atoms with van der Waals surface area (Å²) in [5.41, 5.74) is 2.72. The topological polar surface area (TPSA) is 28.7 Å². The first kappa shape index (κ1) is 6.89. The van der Waals surface area contributed by atoms with Gasteiger partial charge in [0.1, 0.15) is 5.82 Å². The summed E-state index contributed by atoms with van der Waals surface area (Å²) >= 11 is 0. The Morgan fingerprint density at radius 1 is 1.36 bits per heavy atom. The van der Waals surface area contributed by atoms with Gasteiger partial charge >= 0.3 is 0 Å². The fraction of sp³-hybridized carbons (Fsp3) is 0.667. The van der Waals surface area contributed by atoms with Crippen molar-refractivity contribution in [2.75, 3.05) is 0 Å². The van der Waals surface area contributed by atoms with E-state index in [1.165, 1.54) is 37.1 Å². The second-order valence-corrected chi connectivity index (χ2v) is 3.17. The molecule has 1 aromatic heterocycles. The van der Waals surface area contributed by atoms with E-state index in [4.69, 9.17) is 0 Å². The van der Waals surface area contributed by atoms with E-state index >= 15 is 0 Å². The van der Waals surface area contributed by atoms with Crippen molar-refractivity contribution in [3.05, 3.63) is 17.2 Å². The highest BCUT2D eigenvalue weighted by molar-refractivity contribution is 5.17. The number of hydrogen-bond donors (Lipinski definition) is 1. The summed E-state index contributed by atoms with van der Waals surface area (Å²) in [5.74, 6) is 1.16. The molecule has 0 amide bonds. The zero-order valence-corrected chi connectivity index (χ0v) is 6.98. The number of H-pyrrole nitrogens is 1. The van der Waals surface area contributed by atoms with Gasteiger partial charge in [0.25, 0.3) is 0 Å². The molecule has 11 heavy (non-hydrogen) atoms. The number of aromatic amines is 1. The Balaban J connectivity index is 2.32. The van der Waals surface area contributed by atoms with Crippen molar-refractivity contribution in [3.8, 4) is 0 Å². The van der Waals surface area contributed by atoms with Crippen LogP contribution in [0.2, 0.25) is 0 Å². The second kappa shape index (κ2) is 2.68. The van der Waals surface area contributed by atoms with Crippen LogP contribution in [0, 0.1) is 0 Å². The Hall–Kier alpha value is -0.790. The van der Waals surface area contributed by atoms with E-state index < -0.39 is 0 Å². The number of rotatable bonds is 1. The third-order valence-corrected chi connectivity index (χ3v) is 2.34. The first-order chi connectivity index (χ1) is 5.40. The summed E-state index contributed by atoms with van der Waals surface area (Å²) in [5, 5.41) is 0. The third kappa shape index (κ3) is 1.17. The predicted molar refractivity (Wildman–Crippen MR) is 44.6 cm³/mol. The lowest BCUT2D eigenvalue weighted by molar-refractivity contribution is 0.667. The quantitative estimate of drug-likeness (QED) is 0.650. The minimum absolute atomic E-state index is 1.03. The van der Waals surface area contributed by atoms with Crippen LogP contribution in [0.25, 0.3) is 0 Å². The van der Waals surface area contributed by atoms with Crippen LogP contribution in [-0.4, -0.2) is 9.97 Å². The molecule has 2 rings (SSSR count). The molecule has 0 saturated carbocycles. The summed E-state index contributed by atoms with van der Waals surface area (Å²) in [6.45, 7) is 2.14. The van der Waals surface area contributed by atoms with Gasteiger partial charge in [0.05, 0.1) is 5.69 Å². The Bertz CT molecular complexity index is 227. The standard InChI is InChI=1S/C9H14N2/c1-2-9-10-7-5-3-4-6-8(7)11-9/h2-6H2,1H3,(H,10,11). The van der Waals surface area contributed by atoms with Gasteiger partial charge in [-0.1, -0.05) is 6.92 Å². The Morgan fingerprint density at radius 3 is 2.91 bits per heavy atom. The molecule has 0 fully saturated rings. The van der Waals surface area contributed by atoms with Gasteiger partial charge in [-0.2, -0.15) is 0 Å². The number of nitrogens with zero attached hydrogens (tertiary/aromatic N) is 1. The molecule has 1 N–H and O–H groups in total. The molecule has 2 heteroatoms. The SMILES string of the molecule is CCc1nc2c([nH]1)CCCC2. The zero-order valence-electron chi connectivity index (χ0n) is 6.98. The smallest absolute Gasteiger partial charge is 0.106 e. The summed E-state index contributed by atoms with van der Waals surface area (Å²) in [6.07, 6.45) is 6.08. The van der Waals surface area contributed by atoms with Crippen LogP contribution in [0.5, 0.6) is 0 Å². The van der Waals surface area contributed by atoms with E-state index in [-0.39, 0.29) is 0 Å². The van der Waals surface area contributed by atoms with Gasteiger partial charge in [-0.05, 0) is 25.7 Å². The maximum Gasteiger partial charge on any atom is 0.106 e. The van der Waals surface area contributed by atoms with E-state index in [1.807, 2.05) is 0 Å². The summed E-state index contributed by atoms with van der Waals surface area (Å²) in [4.78, 5) is 7.89. The van der Waals surface area contributed by atoms with Crippen molar-refractivity contribution < 1.29 is 0 Å². The van der Waals surface area contributed by atoms with Crippen LogP contribution in [-0.2, 0) is 19.3 Å². The molecule has 1 aromatic rings. The Morgan fingerprint density at radius 2 is 2.18 bits per heavy atom. The van der Waals surface area contributed by atoms with Crippen molar-refractivity contribution in [1.29, 1.82) is 0 Å². The van der Waals surface area contributed by atoms with Crippen molar-refractivity contribution >= 4 is 0 Å². The van der Waals surface area contributed by atoms with Crippen LogP contribution in [0.1, 0.15) is 37.0 Å². The molecule has 0 saturated heterocycles. The lowest BCUT2D eigenvalue weighted by Crippen LogP contribution is -2.00. The van der Waals surface area contributed by atoms with E-state index in [9.17, 15) is 0 Å². The predicted octanol–water partition coefficient (Wildman–Crippen LogP) is 1.85. The zero-order chi connectivity index (χ0) is 7.68. The van der Waals surface area contributed by atoms with Crippen molar-refractivity contribution in [1.82, 2.24) is 9.97 Å². The van der Waals surface area contributed by atoms with Crippen molar-refractivity contribution in [2.24, 2.45) is 0 Å². The highest BCUT2D eigenvalue weighted by Gasteiger charge is 2.12. The van der Waals surface area contributed by atoms with Crippen molar-refractivity contribution in [3.63, 3.8) is 0 Å². The molecular formula is C9H14N2. The number of imidazole rings is 1. The van der Waals surface area contributed by atoms with Gasteiger partial charge in [0, 0.05) is 12.1 Å². The second-order valence-electron chi connectivity index (χ2n) is 3.17. The molecule has 0 bridgehead atoms.